The number of hydrogen-bond acceptors (Lipinski definition) is 1. The summed E-state index contributed by atoms with van der Waals surface area (Å²) in [5, 5.41) is 5.72. The summed E-state index contributed by atoms with van der Waals surface area (Å²) in [5.74, 6) is 0. The molecule has 2 N–H and O–H groups in total. The molecule has 0 aliphatic carbocycles. The summed E-state index contributed by atoms with van der Waals surface area (Å²) in [6.07, 6.45) is 0. The number of carbonyl (C=O) groups is 1. The van der Waals surface area contributed by atoms with Crippen LogP contribution in [0.25, 0.3) is 0 Å². The van der Waals surface area contributed by atoms with E-state index < -0.39 is 0 Å². The zero-order valence-corrected chi connectivity index (χ0v) is 12.4. The molecule has 0 saturated carbocycles. The van der Waals surface area contributed by atoms with Crippen molar-refractivity contribution in [3.63, 3.8) is 0 Å². The summed E-state index contributed by atoms with van der Waals surface area (Å²) in [6.45, 7) is 8.10. The number of hydrogen-bond donors (Lipinski definition) is 2. The van der Waals surface area contributed by atoms with Crippen molar-refractivity contribution in [2.45, 2.75) is 27.7 Å². The fourth-order valence-electron chi connectivity index (χ4n) is 2.06. The standard InChI is InChI=1S/C17H20N2O/c1-11-5-8-16(14(4)9-11)19-17(20)18-15-7-6-12(2)13(3)10-15/h5-10H,1-4H3,(H2,18,19,20). The summed E-state index contributed by atoms with van der Waals surface area (Å²) in [7, 11) is 0. The molecule has 0 aliphatic heterocycles. The van der Waals surface area contributed by atoms with Crippen molar-refractivity contribution >= 4 is 17.4 Å². The maximum Gasteiger partial charge on any atom is 0.323 e. The van der Waals surface area contributed by atoms with Crippen LogP contribution in [0, 0.1) is 27.7 Å². The summed E-state index contributed by atoms with van der Waals surface area (Å²) >= 11 is 0. The van der Waals surface area contributed by atoms with Crippen LogP contribution >= 0.6 is 0 Å². The molecule has 2 aromatic carbocycles. The van der Waals surface area contributed by atoms with E-state index in [0.717, 1.165) is 22.5 Å². The van der Waals surface area contributed by atoms with Crippen molar-refractivity contribution in [2.24, 2.45) is 0 Å². The first-order valence-corrected chi connectivity index (χ1v) is 6.68. The van der Waals surface area contributed by atoms with E-state index >= 15 is 0 Å². The fourth-order valence-corrected chi connectivity index (χ4v) is 2.06. The zero-order valence-electron chi connectivity index (χ0n) is 12.4. The van der Waals surface area contributed by atoms with E-state index in [1.807, 2.05) is 57.2 Å². The Hall–Kier alpha value is -2.29. The minimum atomic E-state index is -0.222. The number of aryl methyl sites for hydroxylation is 4. The number of rotatable bonds is 2. The lowest BCUT2D eigenvalue weighted by Gasteiger charge is -2.11. The smallest absolute Gasteiger partial charge is 0.308 e. The van der Waals surface area contributed by atoms with Gasteiger partial charge in [0.05, 0.1) is 0 Å². The second kappa shape index (κ2) is 5.78. The lowest BCUT2D eigenvalue weighted by Crippen LogP contribution is -2.20. The van der Waals surface area contributed by atoms with Crippen molar-refractivity contribution in [1.82, 2.24) is 0 Å². The lowest BCUT2D eigenvalue weighted by molar-refractivity contribution is 0.262. The van der Waals surface area contributed by atoms with Gasteiger partial charge in [-0.15, -0.1) is 0 Å². The van der Waals surface area contributed by atoms with Crippen LogP contribution in [0.2, 0.25) is 0 Å². The molecule has 0 heterocycles. The van der Waals surface area contributed by atoms with Gasteiger partial charge in [-0.1, -0.05) is 23.8 Å². The highest BCUT2D eigenvalue weighted by atomic mass is 16.2. The van der Waals surface area contributed by atoms with Crippen LogP contribution in [0.15, 0.2) is 36.4 Å². The van der Waals surface area contributed by atoms with E-state index in [1.54, 1.807) is 0 Å². The van der Waals surface area contributed by atoms with Gasteiger partial charge in [0.1, 0.15) is 0 Å². The number of nitrogens with one attached hydrogen (secondary N) is 2. The number of benzene rings is 2. The third-order valence-electron chi connectivity index (χ3n) is 3.39. The third-order valence-corrected chi connectivity index (χ3v) is 3.39. The van der Waals surface area contributed by atoms with Crippen LogP contribution in [0.5, 0.6) is 0 Å². The molecule has 0 fully saturated rings. The highest BCUT2D eigenvalue weighted by Gasteiger charge is 2.05. The molecule has 0 bridgehead atoms. The van der Waals surface area contributed by atoms with Gasteiger partial charge in [-0.25, -0.2) is 4.79 Å². The predicted octanol–water partition coefficient (Wildman–Crippen LogP) is 4.56. The van der Waals surface area contributed by atoms with Gasteiger partial charge < -0.3 is 10.6 Å². The van der Waals surface area contributed by atoms with Gasteiger partial charge in [-0.3, -0.25) is 0 Å². The predicted molar refractivity (Wildman–Crippen MR) is 84.5 cm³/mol. The van der Waals surface area contributed by atoms with Crippen LogP contribution in [0.1, 0.15) is 22.3 Å². The fraction of sp³-hybridized carbons (Fsp3) is 0.235. The normalized spacial score (nSPS) is 10.2. The van der Waals surface area contributed by atoms with Crippen molar-refractivity contribution in [1.29, 1.82) is 0 Å². The van der Waals surface area contributed by atoms with E-state index in [4.69, 9.17) is 0 Å². The first-order chi connectivity index (χ1) is 9.45. The SMILES string of the molecule is Cc1ccc(NC(=O)Nc2ccc(C)c(C)c2)c(C)c1. The van der Waals surface area contributed by atoms with Crippen molar-refractivity contribution in [2.75, 3.05) is 10.6 Å². The first-order valence-electron chi connectivity index (χ1n) is 6.68. The molecule has 3 heteroatoms. The average molecular weight is 268 g/mol. The Balaban J connectivity index is 2.07. The molecule has 0 aromatic heterocycles. The summed E-state index contributed by atoms with van der Waals surface area (Å²) < 4.78 is 0. The molecule has 3 nitrogen and oxygen atoms in total. The molecule has 2 aromatic rings. The molecule has 20 heavy (non-hydrogen) atoms. The molecule has 0 saturated heterocycles. The van der Waals surface area contributed by atoms with Gasteiger partial charge in [0, 0.05) is 11.4 Å². The molecule has 0 spiro atoms. The minimum absolute atomic E-state index is 0.222. The van der Waals surface area contributed by atoms with E-state index in [0.29, 0.717) is 0 Å². The largest absolute Gasteiger partial charge is 0.323 e. The monoisotopic (exact) mass is 268 g/mol. The Morgan fingerprint density at radius 2 is 1.55 bits per heavy atom. The topological polar surface area (TPSA) is 41.1 Å². The Morgan fingerprint density at radius 1 is 0.800 bits per heavy atom. The molecule has 2 rings (SSSR count). The maximum atomic E-state index is 12.0. The van der Waals surface area contributed by atoms with Crippen molar-refractivity contribution in [3.8, 4) is 0 Å². The summed E-state index contributed by atoms with van der Waals surface area (Å²) in [4.78, 5) is 12.0. The quantitative estimate of drug-likeness (QED) is 0.823. The first kappa shape index (κ1) is 14.1. The van der Waals surface area contributed by atoms with Crippen LogP contribution in [0.4, 0.5) is 16.2 Å². The molecule has 0 unspecified atom stereocenters. The second-order valence-electron chi connectivity index (χ2n) is 5.20. The lowest BCUT2D eigenvalue weighted by atomic mass is 10.1. The van der Waals surface area contributed by atoms with Gasteiger partial charge in [0.25, 0.3) is 0 Å². The molecule has 104 valence electrons. The molecular formula is C17H20N2O. The average Bonchev–Trinajstić information content (AvgIpc) is 2.37. The Labute approximate surface area is 120 Å². The van der Waals surface area contributed by atoms with Gasteiger partial charge >= 0.3 is 6.03 Å². The Bertz CT molecular complexity index is 647. The van der Waals surface area contributed by atoms with E-state index in [1.165, 1.54) is 11.1 Å². The van der Waals surface area contributed by atoms with Crippen LogP contribution in [-0.4, -0.2) is 6.03 Å². The van der Waals surface area contributed by atoms with E-state index in [-0.39, 0.29) is 6.03 Å². The molecule has 0 aliphatic rings. The number of carbonyl (C=O) groups excluding carboxylic acids is 1. The Kier molecular flexibility index (Phi) is 4.08. The highest BCUT2D eigenvalue weighted by molar-refractivity contribution is 6.00. The maximum absolute atomic E-state index is 12.0. The molecule has 2 amide bonds. The molecular weight excluding hydrogens is 248 g/mol. The minimum Gasteiger partial charge on any atom is -0.308 e. The van der Waals surface area contributed by atoms with E-state index in [2.05, 4.69) is 17.6 Å². The molecule has 0 radical (unpaired) electrons. The highest BCUT2D eigenvalue weighted by Crippen LogP contribution is 2.17. The van der Waals surface area contributed by atoms with Gasteiger partial charge in [0.15, 0.2) is 0 Å². The Morgan fingerprint density at radius 3 is 2.20 bits per heavy atom. The van der Waals surface area contributed by atoms with Gasteiger partial charge in [-0.2, -0.15) is 0 Å². The second-order valence-corrected chi connectivity index (χ2v) is 5.20. The third kappa shape index (κ3) is 3.38. The number of anilines is 2. The zero-order chi connectivity index (χ0) is 14.7. The number of amides is 2. The van der Waals surface area contributed by atoms with Crippen molar-refractivity contribution < 1.29 is 4.79 Å². The molecule has 0 atom stereocenters. The van der Waals surface area contributed by atoms with Gasteiger partial charge in [0.2, 0.25) is 0 Å². The van der Waals surface area contributed by atoms with E-state index in [9.17, 15) is 4.79 Å². The van der Waals surface area contributed by atoms with Crippen LogP contribution in [-0.2, 0) is 0 Å². The van der Waals surface area contributed by atoms with Gasteiger partial charge in [-0.05, 0) is 62.6 Å². The van der Waals surface area contributed by atoms with Crippen LogP contribution < -0.4 is 10.6 Å². The summed E-state index contributed by atoms with van der Waals surface area (Å²) in [6, 6.07) is 11.6. The van der Waals surface area contributed by atoms with Crippen molar-refractivity contribution in [3.05, 3.63) is 58.7 Å². The number of urea groups is 1. The van der Waals surface area contributed by atoms with Crippen LogP contribution in [0.3, 0.4) is 0 Å². The summed E-state index contributed by atoms with van der Waals surface area (Å²) in [5.41, 5.74) is 6.25.